The number of fused-ring (bicyclic) bond motifs is 1. The molecule has 4 rings (SSSR count). The van der Waals surface area contributed by atoms with Gasteiger partial charge < -0.3 is 19.7 Å². The van der Waals surface area contributed by atoms with Gasteiger partial charge in [-0.15, -0.1) is 0 Å². The molecule has 1 saturated carbocycles. The van der Waals surface area contributed by atoms with Crippen LogP contribution in [0.1, 0.15) is 18.4 Å². The first-order valence-corrected chi connectivity index (χ1v) is 8.95. The SMILES string of the molecule is COc1cc2ccc(CNC3=NCCN3CC3CC3)cc2cc1OC. The highest BCUT2D eigenvalue weighted by molar-refractivity contribution is 5.87. The average Bonchev–Trinajstić information content (AvgIpc) is 3.35. The highest BCUT2D eigenvalue weighted by atomic mass is 16.5. The number of ether oxygens (including phenoxy) is 2. The molecule has 0 bridgehead atoms. The van der Waals surface area contributed by atoms with Crippen LogP contribution in [0, 0.1) is 5.92 Å². The van der Waals surface area contributed by atoms with Crippen LogP contribution in [0.3, 0.4) is 0 Å². The second-order valence-electron chi connectivity index (χ2n) is 6.84. The number of rotatable bonds is 6. The first-order chi connectivity index (χ1) is 12.3. The summed E-state index contributed by atoms with van der Waals surface area (Å²) >= 11 is 0. The number of hydrogen-bond acceptors (Lipinski definition) is 5. The second kappa shape index (κ2) is 6.82. The fourth-order valence-electron chi connectivity index (χ4n) is 3.36. The minimum atomic E-state index is 0.760. The predicted octanol–water partition coefficient (Wildman–Crippen LogP) is 3.03. The van der Waals surface area contributed by atoms with Crippen LogP contribution in [-0.2, 0) is 6.54 Å². The Balaban J connectivity index is 1.47. The van der Waals surface area contributed by atoms with E-state index in [-0.39, 0.29) is 0 Å². The van der Waals surface area contributed by atoms with Gasteiger partial charge in [-0.2, -0.15) is 0 Å². The Labute approximate surface area is 148 Å². The Morgan fingerprint density at radius 1 is 1.08 bits per heavy atom. The van der Waals surface area contributed by atoms with Gasteiger partial charge >= 0.3 is 0 Å². The third kappa shape index (κ3) is 3.50. The minimum absolute atomic E-state index is 0.760. The highest BCUT2D eigenvalue weighted by Gasteiger charge is 2.27. The monoisotopic (exact) mass is 339 g/mol. The molecule has 2 aromatic rings. The van der Waals surface area contributed by atoms with Crippen molar-refractivity contribution < 1.29 is 9.47 Å². The van der Waals surface area contributed by atoms with Gasteiger partial charge in [0.05, 0.1) is 20.8 Å². The molecule has 25 heavy (non-hydrogen) atoms. The normalized spacial score (nSPS) is 16.9. The van der Waals surface area contributed by atoms with Crippen LogP contribution in [0.4, 0.5) is 0 Å². The van der Waals surface area contributed by atoms with Crippen LogP contribution in [0.15, 0.2) is 35.3 Å². The van der Waals surface area contributed by atoms with Crippen molar-refractivity contribution in [3.63, 3.8) is 0 Å². The molecule has 1 heterocycles. The Morgan fingerprint density at radius 2 is 1.84 bits per heavy atom. The van der Waals surface area contributed by atoms with Crippen LogP contribution in [0.2, 0.25) is 0 Å². The molecule has 0 radical (unpaired) electrons. The molecule has 0 aromatic heterocycles. The summed E-state index contributed by atoms with van der Waals surface area (Å²) in [5.41, 5.74) is 1.24. The van der Waals surface area contributed by atoms with Gasteiger partial charge in [-0.25, -0.2) is 0 Å². The summed E-state index contributed by atoms with van der Waals surface area (Å²) in [6.07, 6.45) is 2.75. The largest absolute Gasteiger partial charge is 0.493 e. The molecule has 1 fully saturated rings. The fraction of sp³-hybridized carbons (Fsp3) is 0.450. The fourth-order valence-corrected chi connectivity index (χ4v) is 3.36. The number of hydrogen-bond donors (Lipinski definition) is 1. The Kier molecular flexibility index (Phi) is 4.38. The first-order valence-electron chi connectivity index (χ1n) is 8.95. The summed E-state index contributed by atoms with van der Waals surface area (Å²) in [4.78, 5) is 7.02. The van der Waals surface area contributed by atoms with Crippen molar-refractivity contribution in [2.24, 2.45) is 10.9 Å². The van der Waals surface area contributed by atoms with Gasteiger partial charge in [0, 0.05) is 19.6 Å². The van der Waals surface area contributed by atoms with Gasteiger partial charge in [0.1, 0.15) is 0 Å². The van der Waals surface area contributed by atoms with Crippen molar-refractivity contribution in [2.45, 2.75) is 19.4 Å². The lowest BCUT2D eigenvalue weighted by atomic mass is 10.1. The average molecular weight is 339 g/mol. The molecule has 0 amide bonds. The molecule has 1 aliphatic heterocycles. The quantitative estimate of drug-likeness (QED) is 0.879. The number of nitrogens with zero attached hydrogens (tertiary/aromatic N) is 2. The topological polar surface area (TPSA) is 46.1 Å². The molecular weight excluding hydrogens is 314 g/mol. The van der Waals surface area contributed by atoms with E-state index in [1.54, 1.807) is 14.2 Å². The van der Waals surface area contributed by atoms with Crippen molar-refractivity contribution in [3.8, 4) is 11.5 Å². The number of nitrogens with one attached hydrogen (secondary N) is 1. The van der Waals surface area contributed by atoms with E-state index in [1.165, 1.54) is 18.4 Å². The van der Waals surface area contributed by atoms with E-state index in [9.17, 15) is 0 Å². The molecule has 0 saturated heterocycles. The molecule has 5 nitrogen and oxygen atoms in total. The summed E-state index contributed by atoms with van der Waals surface area (Å²) < 4.78 is 10.8. The molecule has 0 atom stereocenters. The van der Waals surface area contributed by atoms with Crippen LogP contribution in [-0.4, -0.2) is 44.7 Å². The molecule has 1 N–H and O–H groups in total. The molecule has 0 unspecified atom stereocenters. The van der Waals surface area contributed by atoms with E-state index in [0.29, 0.717) is 0 Å². The maximum atomic E-state index is 5.42. The summed E-state index contributed by atoms with van der Waals surface area (Å²) in [5, 5.41) is 5.82. The van der Waals surface area contributed by atoms with Gasteiger partial charge in [0.2, 0.25) is 0 Å². The van der Waals surface area contributed by atoms with Crippen LogP contribution >= 0.6 is 0 Å². The van der Waals surface area contributed by atoms with Gasteiger partial charge in [-0.05, 0) is 53.3 Å². The molecule has 0 spiro atoms. The van der Waals surface area contributed by atoms with Gasteiger partial charge in [0.25, 0.3) is 0 Å². The van der Waals surface area contributed by atoms with E-state index < -0.39 is 0 Å². The third-order valence-corrected chi connectivity index (χ3v) is 4.96. The van der Waals surface area contributed by atoms with Crippen molar-refractivity contribution >= 4 is 16.7 Å². The van der Waals surface area contributed by atoms with Gasteiger partial charge in [-0.3, -0.25) is 4.99 Å². The van der Waals surface area contributed by atoms with Gasteiger partial charge in [-0.1, -0.05) is 12.1 Å². The predicted molar refractivity (Wildman–Crippen MR) is 100 cm³/mol. The van der Waals surface area contributed by atoms with Crippen LogP contribution in [0.5, 0.6) is 11.5 Å². The van der Waals surface area contributed by atoms with Crippen molar-refractivity contribution in [2.75, 3.05) is 33.9 Å². The molecule has 132 valence electrons. The van der Waals surface area contributed by atoms with Crippen LogP contribution < -0.4 is 14.8 Å². The van der Waals surface area contributed by atoms with Gasteiger partial charge in [0.15, 0.2) is 17.5 Å². The van der Waals surface area contributed by atoms with E-state index in [1.807, 2.05) is 12.1 Å². The second-order valence-corrected chi connectivity index (χ2v) is 6.84. The third-order valence-electron chi connectivity index (χ3n) is 4.96. The molecule has 2 aliphatic rings. The van der Waals surface area contributed by atoms with Crippen molar-refractivity contribution in [1.82, 2.24) is 10.2 Å². The van der Waals surface area contributed by atoms with E-state index >= 15 is 0 Å². The lowest BCUT2D eigenvalue weighted by Crippen LogP contribution is -2.39. The Bertz CT molecular complexity index is 799. The lowest BCUT2D eigenvalue weighted by Gasteiger charge is -2.21. The zero-order valence-corrected chi connectivity index (χ0v) is 14.9. The minimum Gasteiger partial charge on any atom is -0.493 e. The highest BCUT2D eigenvalue weighted by Crippen LogP contribution is 2.32. The first kappa shape index (κ1) is 16.1. The molecule has 1 aliphatic carbocycles. The summed E-state index contributed by atoms with van der Waals surface area (Å²) in [6.45, 7) is 3.89. The standard InChI is InChI=1S/C20H25N3O2/c1-24-18-10-16-6-5-15(9-17(16)11-19(18)25-2)12-22-20-21-7-8-23(20)13-14-3-4-14/h5-6,9-11,14H,3-4,7-8,12-13H2,1-2H3,(H,21,22). The Morgan fingerprint density at radius 3 is 2.56 bits per heavy atom. The number of guanidine groups is 1. The number of methoxy groups -OCH3 is 2. The van der Waals surface area contributed by atoms with Crippen molar-refractivity contribution in [3.05, 3.63) is 35.9 Å². The van der Waals surface area contributed by atoms with E-state index in [2.05, 4.69) is 33.4 Å². The molecular formula is C20H25N3O2. The zero-order valence-electron chi connectivity index (χ0n) is 14.9. The maximum Gasteiger partial charge on any atom is 0.194 e. The van der Waals surface area contributed by atoms with E-state index in [0.717, 1.165) is 60.3 Å². The molecule has 2 aromatic carbocycles. The maximum absolute atomic E-state index is 5.42. The summed E-state index contributed by atoms with van der Waals surface area (Å²) in [7, 11) is 3.33. The number of aliphatic imine (C=N–C) groups is 1. The Hall–Kier alpha value is -2.43. The molecule has 5 heteroatoms. The van der Waals surface area contributed by atoms with E-state index in [4.69, 9.17) is 9.47 Å². The van der Waals surface area contributed by atoms with Crippen molar-refractivity contribution in [1.29, 1.82) is 0 Å². The summed E-state index contributed by atoms with van der Waals surface area (Å²) in [6, 6.07) is 10.5. The lowest BCUT2D eigenvalue weighted by molar-refractivity contribution is 0.356. The smallest absolute Gasteiger partial charge is 0.194 e. The zero-order chi connectivity index (χ0) is 17.2. The van der Waals surface area contributed by atoms with Crippen LogP contribution in [0.25, 0.3) is 10.8 Å². The number of benzene rings is 2. The summed E-state index contributed by atoms with van der Waals surface area (Å²) in [5.74, 6) is 3.46.